The van der Waals surface area contributed by atoms with E-state index in [9.17, 15) is 14.0 Å². The number of amides is 1. The molecular weight excluding hydrogens is 257 g/mol. The van der Waals surface area contributed by atoms with E-state index in [1.165, 1.54) is 12.1 Å². The standard InChI is InChI=1S/C16H22FNO2/c1-3-11-18(12-4-2)16(20)10-9-15(19)13-7-5-6-8-14(13)17/h5-8H,3-4,9-12H2,1-2H3. The second-order valence-corrected chi connectivity index (χ2v) is 4.78. The van der Waals surface area contributed by atoms with Gasteiger partial charge in [0.05, 0.1) is 5.56 Å². The molecule has 0 heterocycles. The van der Waals surface area contributed by atoms with Crippen molar-refractivity contribution in [1.29, 1.82) is 0 Å². The summed E-state index contributed by atoms with van der Waals surface area (Å²) in [6.45, 7) is 5.45. The average Bonchev–Trinajstić information content (AvgIpc) is 2.44. The van der Waals surface area contributed by atoms with Crippen LogP contribution in [0.1, 0.15) is 49.9 Å². The number of halogens is 1. The molecule has 0 atom stereocenters. The quantitative estimate of drug-likeness (QED) is 0.684. The minimum absolute atomic E-state index is 0.0293. The monoisotopic (exact) mass is 279 g/mol. The van der Waals surface area contributed by atoms with Crippen molar-refractivity contribution in [1.82, 2.24) is 4.90 Å². The van der Waals surface area contributed by atoms with E-state index < -0.39 is 5.82 Å². The van der Waals surface area contributed by atoms with Crippen molar-refractivity contribution >= 4 is 11.7 Å². The Hall–Kier alpha value is -1.71. The normalized spacial score (nSPS) is 10.3. The maximum atomic E-state index is 13.4. The molecule has 1 rings (SSSR count). The van der Waals surface area contributed by atoms with Crippen LogP contribution in [-0.4, -0.2) is 29.7 Å². The summed E-state index contributed by atoms with van der Waals surface area (Å²) in [7, 11) is 0. The molecular formula is C16H22FNO2. The molecule has 0 saturated heterocycles. The summed E-state index contributed by atoms with van der Waals surface area (Å²) >= 11 is 0. The number of hydrogen-bond acceptors (Lipinski definition) is 2. The highest BCUT2D eigenvalue weighted by molar-refractivity contribution is 5.98. The third-order valence-corrected chi connectivity index (χ3v) is 3.08. The van der Waals surface area contributed by atoms with E-state index in [4.69, 9.17) is 0 Å². The number of carbonyl (C=O) groups is 2. The molecule has 1 amide bonds. The molecule has 0 aliphatic heterocycles. The molecule has 0 spiro atoms. The first-order valence-corrected chi connectivity index (χ1v) is 7.15. The van der Waals surface area contributed by atoms with Crippen LogP contribution >= 0.6 is 0 Å². The zero-order valence-electron chi connectivity index (χ0n) is 12.2. The van der Waals surface area contributed by atoms with Gasteiger partial charge in [-0.25, -0.2) is 4.39 Å². The Bertz CT molecular complexity index is 454. The van der Waals surface area contributed by atoms with E-state index in [1.807, 2.05) is 13.8 Å². The van der Waals surface area contributed by atoms with Crippen LogP contribution < -0.4 is 0 Å². The molecule has 3 nitrogen and oxygen atoms in total. The van der Waals surface area contributed by atoms with Gasteiger partial charge in [0.25, 0.3) is 0 Å². The van der Waals surface area contributed by atoms with Gasteiger partial charge in [-0.15, -0.1) is 0 Å². The van der Waals surface area contributed by atoms with Gasteiger partial charge < -0.3 is 4.90 Å². The summed E-state index contributed by atoms with van der Waals surface area (Å²) in [5, 5.41) is 0. The van der Waals surface area contributed by atoms with Gasteiger partial charge in [-0.05, 0) is 25.0 Å². The predicted octanol–water partition coefficient (Wildman–Crippen LogP) is 3.44. The molecule has 0 unspecified atom stereocenters. The first-order chi connectivity index (χ1) is 9.60. The van der Waals surface area contributed by atoms with E-state index in [2.05, 4.69) is 0 Å². The van der Waals surface area contributed by atoms with Crippen molar-refractivity contribution in [3.05, 3.63) is 35.6 Å². The van der Waals surface area contributed by atoms with Gasteiger partial charge in [0, 0.05) is 25.9 Å². The highest BCUT2D eigenvalue weighted by Crippen LogP contribution is 2.11. The molecule has 4 heteroatoms. The number of hydrogen-bond donors (Lipinski definition) is 0. The number of rotatable bonds is 8. The molecule has 0 aromatic heterocycles. The van der Waals surface area contributed by atoms with Crippen molar-refractivity contribution < 1.29 is 14.0 Å². The van der Waals surface area contributed by atoms with Crippen molar-refractivity contribution in [3.8, 4) is 0 Å². The fraction of sp³-hybridized carbons (Fsp3) is 0.500. The summed E-state index contributed by atoms with van der Waals surface area (Å²) in [6.07, 6.45) is 2.00. The van der Waals surface area contributed by atoms with Crippen molar-refractivity contribution in [2.45, 2.75) is 39.5 Å². The third-order valence-electron chi connectivity index (χ3n) is 3.08. The Balaban J connectivity index is 2.55. The van der Waals surface area contributed by atoms with Crippen LogP contribution in [0.15, 0.2) is 24.3 Å². The topological polar surface area (TPSA) is 37.4 Å². The number of Topliss-reactive ketones (excluding diaryl/α,β-unsaturated/α-hetero) is 1. The van der Waals surface area contributed by atoms with Gasteiger partial charge in [-0.3, -0.25) is 9.59 Å². The van der Waals surface area contributed by atoms with Gasteiger partial charge in [0.2, 0.25) is 5.91 Å². The van der Waals surface area contributed by atoms with Crippen LogP contribution in [0.25, 0.3) is 0 Å². The fourth-order valence-corrected chi connectivity index (χ4v) is 2.10. The Morgan fingerprint density at radius 1 is 1.05 bits per heavy atom. The molecule has 0 aliphatic rings. The second-order valence-electron chi connectivity index (χ2n) is 4.78. The zero-order chi connectivity index (χ0) is 15.0. The van der Waals surface area contributed by atoms with E-state index in [0.29, 0.717) is 13.1 Å². The lowest BCUT2D eigenvalue weighted by Gasteiger charge is -2.21. The lowest BCUT2D eigenvalue weighted by Crippen LogP contribution is -2.32. The van der Waals surface area contributed by atoms with Gasteiger partial charge in [0.15, 0.2) is 5.78 Å². The first-order valence-electron chi connectivity index (χ1n) is 7.15. The van der Waals surface area contributed by atoms with Crippen LogP contribution in [0, 0.1) is 5.82 Å². The fourth-order valence-electron chi connectivity index (χ4n) is 2.10. The number of carbonyl (C=O) groups excluding carboxylic acids is 2. The Labute approximate surface area is 119 Å². The molecule has 1 aromatic carbocycles. The Morgan fingerprint density at radius 3 is 2.20 bits per heavy atom. The Morgan fingerprint density at radius 2 is 1.65 bits per heavy atom. The van der Waals surface area contributed by atoms with Gasteiger partial charge in [0.1, 0.15) is 5.82 Å². The SMILES string of the molecule is CCCN(CCC)C(=O)CCC(=O)c1ccccc1F. The van der Waals surface area contributed by atoms with Gasteiger partial charge >= 0.3 is 0 Å². The molecule has 0 aliphatic carbocycles. The van der Waals surface area contributed by atoms with Crippen LogP contribution in [0.3, 0.4) is 0 Å². The molecule has 0 N–H and O–H groups in total. The van der Waals surface area contributed by atoms with E-state index in [-0.39, 0.29) is 30.1 Å². The second kappa shape index (κ2) is 8.46. The molecule has 0 bridgehead atoms. The number of nitrogens with zero attached hydrogens (tertiary/aromatic N) is 1. The van der Waals surface area contributed by atoms with Gasteiger partial charge in [-0.1, -0.05) is 26.0 Å². The molecule has 0 saturated carbocycles. The zero-order valence-corrected chi connectivity index (χ0v) is 12.2. The van der Waals surface area contributed by atoms with E-state index >= 15 is 0 Å². The predicted molar refractivity (Wildman–Crippen MR) is 77.1 cm³/mol. The van der Waals surface area contributed by atoms with E-state index in [1.54, 1.807) is 17.0 Å². The number of benzene rings is 1. The molecule has 0 fully saturated rings. The number of ketones is 1. The largest absolute Gasteiger partial charge is 0.343 e. The first kappa shape index (κ1) is 16.3. The van der Waals surface area contributed by atoms with Crippen LogP contribution in [0.2, 0.25) is 0 Å². The summed E-state index contributed by atoms with van der Waals surface area (Å²) in [4.78, 5) is 25.7. The van der Waals surface area contributed by atoms with Gasteiger partial charge in [-0.2, -0.15) is 0 Å². The molecule has 0 radical (unpaired) electrons. The minimum Gasteiger partial charge on any atom is -0.343 e. The summed E-state index contributed by atoms with van der Waals surface area (Å²) in [5.74, 6) is -0.869. The summed E-state index contributed by atoms with van der Waals surface area (Å²) in [5.41, 5.74) is 0.0674. The third kappa shape index (κ3) is 4.76. The molecule has 1 aromatic rings. The van der Waals surface area contributed by atoms with Crippen molar-refractivity contribution in [2.24, 2.45) is 0 Å². The molecule has 20 heavy (non-hydrogen) atoms. The lowest BCUT2D eigenvalue weighted by atomic mass is 10.1. The summed E-state index contributed by atoms with van der Waals surface area (Å²) < 4.78 is 13.4. The molecule has 110 valence electrons. The average molecular weight is 279 g/mol. The maximum Gasteiger partial charge on any atom is 0.223 e. The highest BCUT2D eigenvalue weighted by atomic mass is 19.1. The van der Waals surface area contributed by atoms with Crippen molar-refractivity contribution in [3.63, 3.8) is 0 Å². The van der Waals surface area contributed by atoms with Crippen LogP contribution in [0.5, 0.6) is 0 Å². The van der Waals surface area contributed by atoms with Crippen LogP contribution in [0.4, 0.5) is 4.39 Å². The Kier molecular flexibility index (Phi) is 6.91. The summed E-state index contributed by atoms with van der Waals surface area (Å²) in [6, 6.07) is 5.88. The minimum atomic E-state index is -0.524. The van der Waals surface area contributed by atoms with E-state index in [0.717, 1.165) is 12.8 Å². The highest BCUT2D eigenvalue weighted by Gasteiger charge is 2.16. The smallest absolute Gasteiger partial charge is 0.223 e. The lowest BCUT2D eigenvalue weighted by molar-refractivity contribution is -0.131. The van der Waals surface area contributed by atoms with Crippen LogP contribution in [-0.2, 0) is 4.79 Å². The maximum absolute atomic E-state index is 13.4. The van der Waals surface area contributed by atoms with Crippen molar-refractivity contribution in [2.75, 3.05) is 13.1 Å².